The van der Waals surface area contributed by atoms with Crippen LogP contribution in [0.4, 0.5) is 0 Å². The van der Waals surface area contributed by atoms with Crippen LogP contribution in [0.25, 0.3) is 6.08 Å². The lowest BCUT2D eigenvalue weighted by Crippen LogP contribution is -1.71. The lowest BCUT2D eigenvalue weighted by atomic mass is 10.4. The third kappa shape index (κ3) is 2.55. The first-order valence-electron chi connectivity index (χ1n) is 3.64. The van der Waals surface area contributed by atoms with Crippen molar-refractivity contribution < 1.29 is 4.42 Å². The van der Waals surface area contributed by atoms with Crippen LogP contribution in [-0.4, -0.2) is 4.98 Å². The van der Waals surface area contributed by atoms with E-state index in [1.807, 2.05) is 13.0 Å². The van der Waals surface area contributed by atoms with Crippen LogP contribution in [0.1, 0.15) is 18.5 Å². The molecule has 0 unspecified atom stereocenters. The van der Waals surface area contributed by atoms with Crippen molar-refractivity contribution in [3.05, 3.63) is 35.0 Å². The van der Waals surface area contributed by atoms with Crippen molar-refractivity contribution in [3.8, 4) is 0 Å². The first-order chi connectivity index (χ1) is 5.72. The van der Waals surface area contributed by atoms with Gasteiger partial charge in [0.25, 0.3) is 0 Å². The summed E-state index contributed by atoms with van der Waals surface area (Å²) in [6.07, 6.45) is 6.98. The quantitative estimate of drug-likeness (QED) is 0.659. The Bertz CT molecular complexity index is 312. The number of rotatable bonds is 2. The molecule has 0 spiro atoms. The van der Waals surface area contributed by atoms with Crippen LogP contribution in [-0.2, 0) is 0 Å². The number of halogens is 1. The van der Waals surface area contributed by atoms with Gasteiger partial charge in [-0.25, -0.2) is 4.98 Å². The van der Waals surface area contributed by atoms with E-state index in [0.29, 0.717) is 10.9 Å². The van der Waals surface area contributed by atoms with Crippen LogP contribution in [0.2, 0.25) is 0 Å². The van der Waals surface area contributed by atoms with Gasteiger partial charge in [0, 0.05) is 12.0 Å². The van der Waals surface area contributed by atoms with Gasteiger partial charge in [-0.2, -0.15) is 0 Å². The highest BCUT2D eigenvalue weighted by Gasteiger charge is 1.93. The average Bonchev–Trinajstić information content (AvgIpc) is 2.47. The molecule has 1 aromatic heterocycles. The second-order valence-corrected chi connectivity index (χ2v) is 2.73. The second-order valence-electron chi connectivity index (χ2n) is 2.30. The van der Waals surface area contributed by atoms with Gasteiger partial charge in [-0.05, 0) is 19.1 Å². The first-order valence-corrected chi connectivity index (χ1v) is 4.02. The zero-order valence-electron chi connectivity index (χ0n) is 7.04. The highest BCUT2D eigenvalue weighted by Crippen LogP contribution is 2.07. The van der Waals surface area contributed by atoms with Gasteiger partial charge in [0.1, 0.15) is 12.0 Å². The Hall–Kier alpha value is -1.02. The molecule has 0 N–H and O–H groups in total. The van der Waals surface area contributed by atoms with Gasteiger partial charge < -0.3 is 4.42 Å². The van der Waals surface area contributed by atoms with Gasteiger partial charge in [0.2, 0.25) is 0 Å². The molecule has 0 atom stereocenters. The van der Waals surface area contributed by atoms with E-state index in [2.05, 4.69) is 4.98 Å². The standard InChI is InChI=1S/C9H10ClNO/c1-3-8(10)4-5-9-6-12-7(2)11-9/h3-6H,1-2H3/b5-4-,8-3+. The molecule has 1 rings (SSSR count). The fourth-order valence-electron chi connectivity index (χ4n) is 0.718. The van der Waals surface area contributed by atoms with Gasteiger partial charge in [-0.3, -0.25) is 0 Å². The molecular formula is C9H10ClNO. The molecule has 0 saturated heterocycles. The molecular weight excluding hydrogens is 174 g/mol. The highest BCUT2D eigenvalue weighted by molar-refractivity contribution is 6.31. The Morgan fingerprint density at radius 2 is 2.42 bits per heavy atom. The predicted octanol–water partition coefficient (Wildman–Crippen LogP) is 3.14. The number of hydrogen-bond acceptors (Lipinski definition) is 2. The number of aromatic nitrogens is 1. The van der Waals surface area contributed by atoms with E-state index in [1.54, 1.807) is 25.3 Å². The Morgan fingerprint density at radius 3 is 2.92 bits per heavy atom. The van der Waals surface area contributed by atoms with Gasteiger partial charge in [-0.15, -0.1) is 0 Å². The van der Waals surface area contributed by atoms with E-state index in [0.717, 1.165) is 5.69 Å². The summed E-state index contributed by atoms with van der Waals surface area (Å²) in [6, 6.07) is 0. The van der Waals surface area contributed by atoms with Crippen LogP contribution in [0.5, 0.6) is 0 Å². The normalized spacial score (nSPS) is 12.8. The fourth-order valence-corrected chi connectivity index (χ4v) is 0.781. The van der Waals surface area contributed by atoms with Crippen LogP contribution in [0, 0.1) is 6.92 Å². The molecule has 0 radical (unpaired) electrons. The number of oxazole rings is 1. The lowest BCUT2D eigenvalue weighted by molar-refractivity contribution is 0.521. The summed E-state index contributed by atoms with van der Waals surface area (Å²) in [6.45, 7) is 3.68. The third-order valence-electron chi connectivity index (χ3n) is 1.33. The molecule has 0 aliphatic rings. The monoisotopic (exact) mass is 183 g/mol. The maximum atomic E-state index is 5.74. The summed E-state index contributed by atoms with van der Waals surface area (Å²) < 4.78 is 5.01. The van der Waals surface area contributed by atoms with Crippen LogP contribution >= 0.6 is 11.6 Å². The first kappa shape index (κ1) is 9.07. The zero-order chi connectivity index (χ0) is 8.97. The van der Waals surface area contributed by atoms with Crippen molar-refractivity contribution in [1.29, 1.82) is 0 Å². The van der Waals surface area contributed by atoms with E-state index in [9.17, 15) is 0 Å². The molecule has 3 heteroatoms. The predicted molar refractivity (Wildman–Crippen MR) is 49.9 cm³/mol. The van der Waals surface area contributed by atoms with Gasteiger partial charge in [-0.1, -0.05) is 17.7 Å². The molecule has 1 heterocycles. The van der Waals surface area contributed by atoms with Crippen molar-refractivity contribution in [1.82, 2.24) is 4.98 Å². The number of aryl methyl sites for hydroxylation is 1. The van der Waals surface area contributed by atoms with E-state index in [-0.39, 0.29) is 0 Å². The number of hydrogen-bond donors (Lipinski definition) is 0. The summed E-state index contributed by atoms with van der Waals surface area (Å²) in [5, 5.41) is 0.690. The lowest BCUT2D eigenvalue weighted by Gasteiger charge is -1.82. The number of allylic oxidation sites excluding steroid dienone is 3. The molecule has 0 fully saturated rings. The summed E-state index contributed by atoms with van der Waals surface area (Å²) in [7, 11) is 0. The van der Waals surface area contributed by atoms with Crippen molar-refractivity contribution in [2.45, 2.75) is 13.8 Å². The molecule has 0 saturated carbocycles. The van der Waals surface area contributed by atoms with Gasteiger partial charge in [0.05, 0.1) is 0 Å². The minimum Gasteiger partial charge on any atom is -0.449 e. The molecule has 0 amide bonds. The molecule has 0 aliphatic carbocycles. The molecule has 0 aromatic carbocycles. The minimum atomic E-state index is 0.659. The fraction of sp³-hybridized carbons (Fsp3) is 0.222. The smallest absolute Gasteiger partial charge is 0.191 e. The summed E-state index contributed by atoms with van der Waals surface area (Å²) in [4.78, 5) is 4.08. The maximum Gasteiger partial charge on any atom is 0.191 e. The van der Waals surface area contributed by atoms with Crippen molar-refractivity contribution in [2.24, 2.45) is 0 Å². The van der Waals surface area contributed by atoms with E-state index in [1.165, 1.54) is 0 Å². The molecule has 2 nitrogen and oxygen atoms in total. The van der Waals surface area contributed by atoms with Crippen LogP contribution in [0.15, 0.2) is 27.9 Å². The number of nitrogens with zero attached hydrogens (tertiary/aromatic N) is 1. The maximum absolute atomic E-state index is 5.74. The van der Waals surface area contributed by atoms with Gasteiger partial charge in [0.15, 0.2) is 5.89 Å². The summed E-state index contributed by atoms with van der Waals surface area (Å²) in [5.74, 6) is 0.659. The Morgan fingerprint density at radius 1 is 1.67 bits per heavy atom. The average molecular weight is 184 g/mol. The molecule has 0 bridgehead atoms. The molecule has 64 valence electrons. The van der Waals surface area contributed by atoms with Crippen molar-refractivity contribution >= 4 is 17.7 Å². The summed E-state index contributed by atoms with van der Waals surface area (Å²) in [5.41, 5.74) is 0.785. The van der Waals surface area contributed by atoms with Crippen LogP contribution < -0.4 is 0 Å². The Labute approximate surface area is 76.6 Å². The van der Waals surface area contributed by atoms with Crippen LogP contribution in [0.3, 0.4) is 0 Å². The van der Waals surface area contributed by atoms with Gasteiger partial charge >= 0.3 is 0 Å². The SMILES string of the molecule is C/C=C(Cl)\C=C/c1coc(C)n1. The summed E-state index contributed by atoms with van der Waals surface area (Å²) >= 11 is 5.74. The Kier molecular flexibility index (Phi) is 3.11. The minimum absolute atomic E-state index is 0.659. The van der Waals surface area contributed by atoms with E-state index >= 15 is 0 Å². The van der Waals surface area contributed by atoms with E-state index in [4.69, 9.17) is 16.0 Å². The molecule has 0 aliphatic heterocycles. The highest BCUT2D eigenvalue weighted by atomic mass is 35.5. The third-order valence-corrected chi connectivity index (χ3v) is 1.67. The topological polar surface area (TPSA) is 26.0 Å². The van der Waals surface area contributed by atoms with Crippen molar-refractivity contribution in [3.63, 3.8) is 0 Å². The largest absolute Gasteiger partial charge is 0.449 e. The Balaban J connectivity index is 2.69. The van der Waals surface area contributed by atoms with E-state index < -0.39 is 0 Å². The van der Waals surface area contributed by atoms with Crippen molar-refractivity contribution in [2.75, 3.05) is 0 Å². The molecule has 12 heavy (non-hydrogen) atoms. The molecule has 1 aromatic rings. The zero-order valence-corrected chi connectivity index (χ0v) is 7.80. The second kappa shape index (κ2) is 4.12.